The van der Waals surface area contributed by atoms with Crippen LogP contribution in [0, 0.1) is 0 Å². The first kappa shape index (κ1) is 24.6. The standard InChI is InChI=1S/C30H31N3O4S/c34-28(16-21-17-31-24-10-5-4-9-23(21)24)33(18-20-12-13-25-26(15-20)37-19-36-25)29(27-11-6-14-38-27)30(35)32-22-7-2-1-3-8-22/h4-6,9-15,17,22,29,31H,1-3,7-8,16,18-19H2,(H,32,35)/t29-/m0/s1. The van der Waals surface area contributed by atoms with E-state index in [0.29, 0.717) is 11.5 Å². The van der Waals surface area contributed by atoms with Crippen molar-refractivity contribution in [2.24, 2.45) is 0 Å². The maximum Gasteiger partial charge on any atom is 0.248 e. The zero-order valence-electron chi connectivity index (χ0n) is 21.2. The number of aromatic amines is 1. The highest BCUT2D eigenvalue weighted by Gasteiger charge is 2.34. The molecule has 0 bridgehead atoms. The van der Waals surface area contributed by atoms with Gasteiger partial charge in [0, 0.05) is 34.6 Å². The van der Waals surface area contributed by atoms with Gasteiger partial charge in [-0.3, -0.25) is 9.59 Å². The van der Waals surface area contributed by atoms with Crippen molar-refractivity contribution in [3.8, 4) is 11.5 Å². The molecule has 1 aliphatic heterocycles. The van der Waals surface area contributed by atoms with Gasteiger partial charge in [0.2, 0.25) is 18.6 Å². The Hall–Kier alpha value is -3.78. The van der Waals surface area contributed by atoms with Gasteiger partial charge in [0.25, 0.3) is 0 Å². The van der Waals surface area contributed by atoms with Gasteiger partial charge in [-0.2, -0.15) is 0 Å². The minimum atomic E-state index is -0.722. The number of carbonyl (C=O) groups excluding carboxylic acids is 2. The lowest BCUT2D eigenvalue weighted by Crippen LogP contribution is -2.47. The van der Waals surface area contributed by atoms with Crippen molar-refractivity contribution < 1.29 is 19.1 Å². The Morgan fingerprint density at radius 1 is 1.03 bits per heavy atom. The predicted molar refractivity (Wildman–Crippen MR) is 147 cm³/mol. The van der Waals surface area contributed by atoms with Gasteiger partial charge < -0.3 is 24.7 Å². The van der Waals surface area contributed by atoms with Crippen LogP contribution >= 0.6 is 11.3 Å². The Morgan fingerprint density at radius 2 is 1.87 bits per heavy atom. The SMILES string of the molecule is O=C(NC1CCCCC1)[C@H](c1cccs1)N(Cc1ccc2c(c1)OCO2)C(=O)Cc1c[nH]c2ccccc12. The van der Waals surface area contributed by atoms with Crippen LogP contribution in [-0.2, 0) is 22.6 Å². The van der Waals surface area contributed by atoms with Crippen LogP contribution in [0.25, 0.3) is 10.9 Å². The van der Waals surface area contributed by atoms with Crippen LogP contribution in [0.4, 0.5) is 0 Å². The van der Waals surface area contributed by atoms with E-state index in [1.54, 1.807) is 4.90 Å². The maximum absolute atomic E-state index is 14.1. The summed E-state index contributed by atoms with van der Waals surface area (Å²) >= 11 is 1.50. The smallest absolute Gasteiger partial charge is 0.248 e. The van der Waals surface area contributed by atoms with Crippen molar-refractivity contribution >= 4 is 34.1 Å². The summed E-state index contributed by atoms with van der Waals surface area (Å²) in [7, 11) is 0. The van der Waals surface area contributed by atoms with Crippen LogP contribution in [0.5, 0.6) is 11.5 Å². The lowest BCUT2D eigenvalue weighted by Gasteiger charge is -2.33. The Labute approximate surface area is 225 Å². The van der Waals surface area contributed by atoms with Crippen molar-refractivity contribution in [3.05, 3.63) is 82.2 Å². The average molecular weight is 530 g/mol. The Morgan fingerprint density at radius 3 is 2.71 bits per heavy atom. The molecule has 38 heavy (non-hydrogen) atoms. The van der Waals surface area contributed by atoms with Crippen LogP contribution < -0.4 is 14.8 Å². The van der Waals surface area contributed by atoms with Gasteiger partial charge in [-0.05, 0) is 53.6 Å². The van der Waals surface area contributed by atoms with Gasteiger partial charge in [0.1, 0.15) is 6.04 Å². The lowest BCUT2D eigenvalue weighted by molar-refractivity contribution is -0.141. The fraction of sp³-hybridized carbons (Fsp3) is 0.333. The van der Waals surface area contributed by atoms with Crippen molar-refractivity contribution in [1.29, 1.82) is 0 Å². The van der Waals surface area contributed by atoms with Crippen LogP contribution in [0.15, 0.2) is 66.2 Å². The molecule has 0 unspecified atom stereocenters. The fourth-order valence-electron chi connectivity index (χ4n) is 5.50. The monoisotopic (exact) mass is 529 g/mol. The molecule has 2 amide bonds. The largest absolute Gasteiger partial charge is 0.454 e. The predicted octanol–water partition coefficient (Wildman–Crippen LogP) is 5.72. The topological polar surface area (TPSA) is 83.7 Å². The molecule has 196 valence electrons. The molecule has 2 aromatic heterocycles. The summed E-state index contributed by atoms with van der Waals surface area (Å²) in [6.45, 7) is 0.460. The summed E-state index contributed by atoms with van der Waals surface area (Å²) in [4.78, 5) is 33.8. The number of carbonyl (C=O) groups is 2. The van der Waals surface area contributed by atoms with Gasteiger partial charge >= 0.3 is 0 Å². The van der Waals surface area contributed by atoms with Crippen molar-refractivity contribution in [2.75, 3.05) is 6.79 Å². The minimum Gasteiger partial charge on any atom is -0.454 e. The van der Waals surface area contributed by atoms with Crippen LogP contribution in [0.3, 0.4) is 0 Å². The van der Waals surface area contributed by atoms with E-state index in [1.165, 1.54) is 17.8 Å². The van der Waals surface area contributed by atoms with Crippen molar-refractivity contribution in [2.45, 2.75) is 57.2 Å². The van der Waals surface area contributed by atoms with Gasteiger partial charge in [-0.15, -0.1) is 11.3 Å². The number of amides is 2. The van der Waals surface area contributed by atoms with E-state index in [9.17, 15) is 9.59 Å². The molecule has 2 aliphatic rings. The molecule has 2 aromatic carbocycles. The molecular weight excluding hydrogens is 498 g/mol. The molecule has 4 aromatic rings. The average Bonchev–Trinajstić information content (AvgIpc) is 3.71. The van der Waals surface area contributed by atoms with E-state index in [-0.39, 0.29) is 37.6 Å². The number of benzene rings is 2. The van der Waals surface area contributed by atoms with E-state index in [2.05, 4.69) is 10.3 Å². The first-order valence-electron chi connectivity index (χ1n) is 13.2. The van der Waals surface area contributed by atoms with Gasteiger partial charge in [0.05, 0.1) is 6.42 Å². The van der Waals surface area contributed by atoms with Crippen LogP contribution in [0.1, 0.15) is 54.1 Å². The highest BCUT2D eigenvalue weighted by atomic mass is 32.1. The molecule has 0 spiro atoms. The molecule has 3 heterocycles. The molecule has 1 atom stereocenters. The second kappa shape index (κ2) is 10.9. The first-order valence-corrected chi connectivity index (χ1v) is 14.1. The van der Waals surface area contributed by atoms with E-state index < -0.39 is 6.04 Å². The lowest BCUT2D eigenvalue weighted by atomic mass is 9.95. The number of nitrogens with zero attached hydrogens (tertiary/aromatic N) is 1. The number of fused-ring (bicyclic) bond motifs is 2. The molecule has 8 heteroatoms. The van der Waals surface area contributed by atoms with Crippen LogP contribution in [-0.4, -0.2) is 34.5 Å². The second-order valence-corrected chi connectivity index (χ2v) is 11.0. The molecule has 2 N–H and O–H groups in total. The molecule has 7 nitrogen and oxygen atoms in total. The van der Waals surface area contributed by atoms with Gasteiger partial charge in [0.15, 0.2) is 11.5 Å². The normalized spacial score (nSPS) is 15.9. The summed E-state index contributed by atoms with van der Waals surface area (Å²) in [6.07, 6.45) is 7.49. The Kier molecular flexibility index (Phi) is 7.05. The number of ether oxygens (including phenoxy) is 2. The zero-order chi connectivity index (χ0) is 25.9. The molecular formula is C30H31N3O4S. The second-order valence-electron chi connectivity index (χ2n) is 10.0. The quantitative estimate of drug-likeness (QED) is 0.306. The molecule has 6 rings (SSSR count). The fourth-order valence-corrected chi connectivity index (χ4v) is 6.33. The maximum atomic E-state index is 14.1. The van der Waals surface area contributed by atoms with E-state index >= 15 is 0 Å². The summed E-state index contributed by atoms with van der Waals surface area (Å²) < 4.78 is 11.1. The summed E-state index contributed by atoms with van der Waals surface area (Å²) in [5.41, 5.74) is 2.79. The highest BCUT2D eigenvalue weighted by Crippen LogP contribution is 2.35. The summed E-state index contributed by atoms with van der Waals surface area (Å²) in [6, 6.07) is 17.0. The van der Waals surface area contributed by atoms with Crippen molar-refractivity contribution in [3.63, 3.8) is 0 Å². The minimum absolute atomic E-state index is 0.107. The number of para-hydroxylation sites is 1. The zero-order valence-corrected chi connectivity index (χ0v) is 22.0. The highest BCUT2D eigenvalue weighted by molar-refractivity contribution is 7.10. The molecule has 1 saturated carbocycles. The van der Waals surface area contributed by atoms with E-state index in [0.717, 1.165) is 52.6 Å². The molecule has 1 fully saturated rings. The number of H-pyrrole nitrogens is 1. The van der Waals surface area contributed by atoms with Gasteiger partial charge in [-0.1, -0.05) is 49.6 Å². The van der Waals surface area contributed by atoms with E-state index in [4.69, 9.17) is 9.47 Å². The third-order valence-corrected chi connectivity index (χ3v) is 8.38. The number of thiophene rings is 1. The van der Waals surface area contributed by atoms with Gasteiger partial charge in [-0.25, -0.2) is 0 Å². The number of aromatic nitrogens is 1. The number of hydrogen-bond acceptors (Lipinski definition) is 5. The molecule has 0 saturated heterocycles. The molecule has 1 aliphatic carbocycles. The Bertz CT molecular complexity index is 1420. The Balaban J connectivity index is 1.34. The number of rotatable bonds is 8. The van der Waals surface area contributed by atoms with Crippen LogP contribution in [0.2, 0.25) is 0 Å². The third-order valence-electron chi connectivity index (χ3n) is 7.45. The molecule has 0 radical (unpaired) electrons. The first-order chi connectivity index (χ1) is 18.7. The number of hydrogen-bond donors (Lipinski definition) is 2. The summed E-state index contributed by atoms with van der Waals surface area (Å²) in [5.74, 6) is 1.12. The summed E-state index contributed by atoms with van der Waals surface area (Å²) in [5, 5.41) is 6.26. The van der Waals surface area contributed by atoms with E-state index in [1.807, 2.05) is 66.2 Å². The third kappa shape index (κ3) is 5.13. The number of nitrogens with one attached hydrogen (secondary N) is 2. The van der Waals surface area contributed by atoms with Crippen molar-refractivity contribution in [1.82, 2.24) is 15.2 Å².